The van der Waals surface area contributed by atoms with E-state index in [9.17, 15) is 26.7 Å². The molecule has 0 amide bonds. The van der Waals surface area contributed by atoms with Crippen LogP contribution in [0.15, 0.2) is 42.5 Å². The van der Waals surface area contributed by atoms with E-state index in [2.05, 4.69) is 4.18 Å². The molecule has 0 atom stereocenters. The number of rotatable bonds is 6. The number of phenolic OH excluding ortho intramolecular Hbond substituents is 1. The van der Waals surface area contributed by atoms with Crippen molar-refractivity contribution in [3.8, 4) is 11.5 Å². The summed E-state index contributed by atoms with van der Waals surface area (Å²) in [5.74, 6) is -0.222. The Bertz CT molecular complexity index is 900. The highest BCUT2D eigenvalue weighted by Crippen LogP contribution is 2.41. The van der Waals surface area contributed by atoms with Gasteiger partial charge in [0.05, 0.1) is 0 Å². The van der Waals surface area contributed by atoms with Crippen LogP contribution in [-0.4, -0.2) is 19.0 Å². The van der Waals surface area contributed by atoms with Crippen molar-refractivity contribution in [2.24, 2.45) is 0 Å². The standard InChI is InChI=1S/C19H21F3O4S/c1-4-18(5-2,15-8-11-17(23)13(3)12-15)14-6-9-16(10-7-14)26-27(24,25)19(20,21)22/h6-12,23H,4-5H2,1-3H3. The van der Waals surface area contributed by atoms with E-state index in [0.29, 0.717) is 12.8 Å². The Morgan fingerprint density at radius 3 is 1.93 bits per heavy atom. The summed E-state index contributed by atoms with van der Waals surface area (Å²) in [6.07, 6.45) is 1.41. The van der Waals surface area contributed by atoms with Gasteiger partial charge < -0.3 is 9.29 Å². The van der Waals surface area contributed by atoms with Gasteiger partial charge in [0.1, 0.15) is 11.5 Å². The van der Waals surface area contributed by atoms with E-state index < -0.39 is 26.8 Å². The molecule has 0 aliphatic rings. The van der Waals surface area contributed by atoms with Gasteiger partial charge in [-0.3, -0.25) is 0 Å². The summed E-state index contributed by atoms with van der Waals surface area (Å²) in [6, 6.07) is 10.9. The summed E-state index contributed by atoms with van der Waals surface area (Å²) in [4.78, 5) is 0. The quantitative estimate of drug-likeness (QED) is 0.543. The Morgan fingerprint density at radius 2 is 1.48 bits per heavy atom. The molecule has 2 rings (SSSR count). The molecule has 27 heavy (non-hydrogen) atoms. The summed E-state index contributed by atoms with van der Waals surface area (Å²) in [6.45, 7) is 5.77. The molecule has 0 spiro atoms. The van der Waals surface area contributed by atoms with Gasteiger partial charge in [-0.05, 0) is 54.7 Å². The molecule has 148 valence electrons. The summed E-state index contributed by atoms with van der Waals surface area (Å²) in [5, 5.41) is 9.77. The van der Waals surface area contributed by atoms with Crippen molar-refractivity contribution >= 4 is 10.1 Å². The summed E-state index contributed by atoms with van der Waals surface area (Å²) < 4.78 is 63.8. The molecular formula is C19H21F3O4S. The number of alkyl halides is 3. The third-order valence-corrected chi connectivity index (χ3v) is 5.83. The second kappa shape index (κ2) is 7.42. The number of aromatic hydroxyl groups is 1. The maximum atomic E-state index is 12.5. The first-order valence-corrected chi connectivity index (χ1v) is 9.79. The van der Waals surface area contributed by atoms with Crippen molar-refractivity contribution in [3.05, 3.63) is 59.2 Å². The van der Waals surface area contributed by atoms with E-state index in [1.54, 1.807) is 25.1 Å². The van der Waals surface area contributed by atoms with Gasteiger partial charge in [-0.15, -0.1) is 0 Å². The van der Waals surface area contributed by atoms with Crippen molar-refractivity contribution in [2.45, 2.75) is 44.5 Å². The van der Waals surface area contributed by atoms with Crippen LogP contribution in [0.5, 0.6) is 11.5 Å². The van der Waals surface area contributed by atoms with Gasteiger partial charge >= 0.3 is 15.6 Å². The van der Waals surface area contributed by atoms with E-state index in [1.807, 2.05) is 26.0 Å². The maximum Gasteiger partial charge on any atom is 0.534 e. The predicted molar refractivity (Wildman–Crippen MR) is 96.3 cm³/mol. The van der Waals surface area contributed by atoms with Crippen molar-refractivity contribution in [2.75, 3.05) is 0 Å². The lowest BCUT2D eigenvalue weighted by Crippen LogP contribution is -2.28. The predicted octanol–water partition coefficient (Wildman–Crippen LogP) is 5.04. The summed E-state index contributed by atoms with van der Waals surface area (Å²) in [5.41, 5.74) is -3.42. The van der Waals surface area contributed by atoms with E-state index >= 15 is 0 Å². The molecule has 0 fully saturated rings. The zero-order valence-electron chi connectivity index (χ0n) is 15.2. The average molecular weight is 402 g/mol. The minimum atomic E-state index is -5.70. The zero-order valence-corrected chi connectivity index (χ0v) is 16.0. The topological polar surface area (TPSA) is 63.6 Å². The molecule has 0 bridgehead atoms. The largest absolute Gasteiger partial charge is 0.534 e. The molecular weight excluding hydrogens is 381 g/mol. The molecule has 8 heteroatoms. The van der Waals surface area contributed by atoms with Gasteiger partial charge in [-0.1, -0.05) is 38.1 Å². The average Bonchev–Trinajstić information content (AvgIpc) is 2.59. The Labute approximate surface area is 156 Å². The fourth-order valence-electron chi connectivity index (χ4n) is 3.19. The SMILES string of the molecule is CCC(CC)(c1ccc(OS(=O)(=O)C(F)(F)F)cc1)c1ccc(O)c(C)c1. The van der Waals surface area contributed by atoms with Gasteiger partial charge in [-0.2, -0.15) is 21.6 Å². The smallest absolute Gasteiger partial charge is 0.508 e. The molecule has 1 N–H and O–H groups in total. The van der Waals surface area contributed by atoms with Crippen molar-refractivity contribution in [1.29, 1.82) is 0 Å². The van der Waals surface area contributed by atoms with E-state index in [0.717, 1.165) is 16.7 Å². The lowest BCUT2D eigenvalue weighted by atomic mass is 9.70. The fourth-order valence-corrected chi connectivity index (χ4v) is 3.65. The minimum Gasteiger partial charge on any atom is -0.508 e. The zero-order chi connectivity index (χ0) is 20.5. The number of halogens is 3. The number of hydrogen-bond donors (Lipinski definition) is 1. The molecule has 0 saturated heterocycles. The summed E-state index contributed by atoms with van der Waals surface area (Å²) in [7, 11) is -5.70. The van der Waals surface area contributed by atoms with Gasteiger partial charge in [0, 0.05) is 5.41 Å². The Balaban J connectivity index is 2.43. The van der Waals surface area contributed by atoms with Crippen LogP contribution in [0.3, 0.4) is 0 Å². The monoisotopic (exact) mass is 402 g/mol. The third-order valence-electron chi connectivity index (χ3n) is 4.85. The molecule has 0 saturated carbocycles. The first kappa shape index (κ1) is 21.1. The molecule has 2 aromatic carbocycles. The van der Waals surface area contributed by atoms with Crippen molar-refractivity contribution in [1.82, 2.24) is 0 Å². The van der Waals surface area contributed by atoms with Crippen LogP contribution < -0.4 is 4.18 Å². The van der Waals surface area contributed by atoms with Gasteiger partial charge in [0.15, 0.2) is 0 Å². The molecule has 0 unspecified atom stereocenters. The van der Waals surface area contributed by atoms with Crippen LogP contribution in [0.25, 0.3) is 0 Å². The minimum absolute atomic E-state index is 0.181. The highest BCUT2D eigenvalue weighted by atomic mass is 32.2. The lowest BCUT2D eigenvalue weighted by Gasteiger charge is -2.33. The van der Waals surface area contributed by atoms with Gasteiger partial charge in [-0.25, -0.2) is 0 Å². The first-order valence-electron chi connectivity index (χ1n) is 8.38. The van der Waals surface area contributed by atoms with Crippen LogP contribution in [0, 0.1) is 6.92 Å². The van der Waals surface area contributed by atoms with Crippen LogP contribution in [0.1, 0.15) is 43.4 Å². The second-order valence-electron chi connectivity index (χ2n) is 6.30. The van der Waals surface area contributed by atoms with E-state index in [1.165, 1.54) is 12.1 Å². The van der Waals surface area contributed by atoms with Crippen LogP contribution in [0.4, 0.5) is 13.2 Å². The van der Waals surface area contributed by atoms with Gasteiger partial charge in [0.2, 0.25) is 0 Å². The van der Waals surface area contributed by atoms with Crippen LogP contribution >= 0.6 is 0 Å². The highest BCUT2D eigenvalue weighted by molar-refractivity contribution is 7.88. The van der Waals surface area contributed by atoms with E-state index in [-0.39, 0.29) is 5.75 Å². The normalized spacial score (nSPS) is 12.8. The van der Waals surface area contributed by atoms with Gasteiger partial charge in [0.25, 0.3) is 0 Å². The van der Waals surface area contributed by atoms with Crippen LogP contribution in [0.2, 0.25) is 0 Å². The Kier molecular flexibility index (Phi) is 5.79. The highest BCUT2D eigenvalue weighted by Gasteiger charge is 2.48. The molecule has 0 heterocycles. The van der Waals surface area contributed by atoms with Crippen molar-refractivity contribution in [3.63, 3.8) is 0 Å². The number of benzene rings is 2. The molecule has 4 nitrogen and oxygen atoms in total. The second-order valence-corrected chi connectivity index (χ2v) is 7.84. The Hall–Kier alpha value is -2.22. The van der Waals surface area contributed by atoms with Crippen molar-refractivity contribution < 1.29 is 30.9 Å². The maximum absolute atomic E-state index is 12.5. The Morgan fingerprint density at radius 1 is 0.963 bits per heavy atom. The van der Waals surface area contributed by atoms with E-state index in [4.69, 9.17) is 0 Å². The molecule has 0 aliphatic heterocycles. The molecule has 0 radical (unpaired) electrons. The summed E-state index contributed by atoms with van der Waals surface area (Å²) >= 11 is 0. The lowest BCUT2D eigenvalue weighted by molar-refractivity contribution is -0.0500. The molecule has 0 aromatic heterocycles. The van der Waals surface area contributed by atoms with Crippen LogP contribution in [-0.2, 0) is 15.5 Å². The molecule has 2 aromatic rings. The number of hydrogen-bond acceptors (Lipinski definition) is 4. The third kappa shape index (κ3) is 4.05. The molecule has 0 aliphatic carbocycles. The fraction of sp³-hybridized carbons (Fsp3) is 0.368. The first-order chi connectivity index (χ1) is 12.5. The number of phenols is 1. The number of aryl methyl sites for hydroxylation is 1.